The van der Waals surface area contributed by atoms with Crippen molar-refractivity contribution in [1.82, 2.24) is 0 Å². The van der Waals surface area contributed by atoms with Crippen molar-refractivity contribution in [2.24, 2.45) is 0 Å². The summed E-state index contributed by atoms with van der Waals surface area (Å²) in [6.07, 6.45) is -1.51. The Labute approximate surface area is 67.3 Å². The Hall–Kier alpha value is 0.762. The van der Waals surface area contributed by atoms with E-state index in [1.165, 1.54) is 13.8 Å². The van der Waals surface area contributed by atoms with Crippen molar-refractivity contribution in [2.45, 2.75) is 26.4 Å². The standard InChI is InChI=1S/2C2H5O2.Pb/c2*1-2(3)4;/h2*2-3H,1H3;/q2*-1;+2. The van der Waals surface area contributed by atoms with E-state index < -0.39 is 37.7 Å². The second kappa shape index (κ2) is 5.54. The summed E-state index contributed by atoms with van der Waals surface area (Å²) in [7, 11) is 0. The van der Waals surface area contributed by atoms with Crippen LogP contribution in [0.4, 0.5) is 0 Å². The Morgan fingerprint density at radius 3 is 1.67 bits per heavy atom. The third kappa shape index (κ3) is 8.76. The molecule has 0 aliphatic rings. The molecule has 0 fully saturated rings. The van der Waals surface area contributed by atoms with E-state index in [-0.39, 0.29) is 0 Å². The minimum atomic E-state index is -1.62. The summed E-state index contributed by atoms with van der Waals surface area (Å²) in [6.45, 7) is 3.02. The van der Waals surface area contributed by atoms with Crippen molar-refractivity contribution in [1.29, 1.82) is 0 Å². The third-order valence-electron chi connectivity index (χ3n) is 0.437. The molecule has 0 saturated carbocycles. The van der Waals surface area contributed by atoms with Crippen LogP contribution in [-0.4, -0.2) is 47.9 Å². The molecule has 0 rings (SSSR count). The molecule has 0 aromatic heterocycles. The first kappa shape index (κ1) is 9.76. The van der Waals surface area contributed by atoms with Crippen LogP contribution in [-0.2, 0) is 5.37 Å². The maximum absolute atomic E-state index is 8.53. The van der Waals surface area contributed by atoms with Gasteiger partial charge in [-0.15, -0.1) is 0 Å². The Balaban J connectivity index is 2.91. The molecule has 54 valence electrons. The SMILES string of the molecule is CC(O)[O][Pb][O]C(C)O. The van der Waals surface area contributed by atoms with Crippen LogP contribution in [0.3, 0.4) is 0 Å². The summed E-state index contributed by atoms with van der Waals surface area (Å²) in [5, 5.41) is 17.1. The molecule has 0 aromatic carbocycles. The number of hydrogen-bond donors (Lipinski definition) is 2. The molecule has 5 heteroatoms. The van der Waals surface area contributed by atoms with Crippen molar-refractivity contribution in [3.63, 3.8) is 0 Å². The van der Waals surface area contributed by atoms with Crippen molar-refractivity contribution in [3.8, 4) is 0 Å². The predicted octanol–water partition coefficient (Wildman–Crippen LogP) is -0.770. The summed E-state index contributed by atoms with van der Waals surface area (Å²) in [5.41, 5.74) is 0. The van der Waals surface area contributed by atoms with E-state index in [1.54, 1.807) is 0 Å². The normalized spacial score (nSPS) is 17.3. The van der Waals surface area contributed by atoms with Gasteiger partial charge in [0.25, 0.3) is 0 Å². The molecule has 2 atom stereocenters. The van der Waals surface area contributed by atoms with Crippen LogP contribution in [0.1, 0.15) is 13.8 Å². The first-order valence-corrected chi connectivity index (χ1v) is 5.72. The predicted molar refractivity (Wildman–Crippen MR) is 31.3 cm³/mol. The Morgan fingerprint density at radius 2 is 1.44 bits per heavy atom. The zero-order valence-corrected chi connectivity index (χ0v) is 9.25. The summed E-state index contributed by atoms with van der Waals surface area (Å²) in [4.78, 5) is 0. The van der Waals surface area contributed by atoms with Crippen LogP contribution in [0.5, 0.6) is 0 Å². The molecule has 0 amide bonds. The van der Waals surface area contributed by atoms with Crippen molar-refractivity contribution >= 4 is 25.1 Å². The molecule has 0 aliphatic heterocycles. The second-order valence-corrected chi connectivity index (χ2v) is 4.00. The van der Waals surface area contributed by atoms with Gasteiger partial charge in [0.05, 0.1) is 0 Å². The molecule has 2 radical (unpaired) electrons. The van der Waals surface area contributed by atoms with Gasteiger partial charge in [-0.3, -0.25) is 0 Å². The van der Waals surface area contributed by atoms with E-state index in [2.05, 4.69) is 0 Å². The molecule has 2 unspecified atom stereocenters. The average Bonchev–Trinajstić information content (AvgIpc) is 1.63. The quantitative estimate of drug-likeness (QED) is 0.525. The van der Waals surface area contributed by atoms with Crippen molar-refractivity contribution < 1.29 is 15.6 Å². The second-order valence-electron chi connectivity index (χ2n) is 1.52. The molecule has 0 bridgehead atoms. The van der Waals surface area contributed by atoms with Gasteiger partial charge >= 0.3 is 67.2 Å². The molecule has 0 aliphatic carbocycles. The molecule has 0 spiro atoms. The number of rotatable bonds is 4. The fraction of sp³-hybridized carbons (Fsp3) is 1.00. The number of hydrogen-bond acceptors (Lipinski definition) is 4. The Kier molecular flexibility index (Phi) is 6.01. The maximum atomic E-state index is 8.53. The third-order valence-corrected chi connectivity index (χ3v) is 3.84. The van der Waals surface area contributed by atoms with Gasteiger partial charge in [-0.1, -0.05) is 0 Å². The fourth-order valence-corrected chi connectivity index (χ4v) is 1.47. The van der Waals surface area contributed by atoms with E-state index in [4.69, 9.17) is 15.6 Å². The summed E-state index contributed by atoms with van der Waals surface area (Å²) >= 11 is -1.62. The molecule has 0 saturated heterocycles. The van der Waals surface area contributed by atoms with Crippen LogP contribution in [0.25, 0.3) is 0 Å². The summed E-state index contributed by atoms with van der Waals surface area (Å²) < 4.78 is 9.44. The van der Waals surface area contributed by atoms with E-state index in [0.29, 0.717) is 0 Å². The van der Waals surface area contributed by atoms with Crippen LogP contribution in [0, 0.1) is 0 Å². The first-order chi connectivity index (χ1) is 4.13. The zero-order valence-electron chi connectivity index (χ0n) is 5.37. The van der Waals surface area contributed by atoms with Crippen LogP contribution in [0.2, 0.25) is 0 Å². The molecule has 0 heterocycles. The van der Waals surface area contributed by atoms with Crippen molar-refractivity contribution in [2.75, 3.05) is 0 Å². The summed E-state index contributed by atoms with van der Waals surface area (Å²) in [6, 6.07) is 0. The molecule has 2 N–H and O–H groups in total. The topological polar surface area (TPSA) is 58.9 Å². The fourth-order valence-electron chi connectivity index (χ4n) is 0.167. The molecular weight excluding hydrogens is 319 g/mol. The van der Waals surface area contributed by atoms with Gasteiger partial charge in [-0.05, 0) is 0 Å². The van der Waals surface area contributed by atoms with Crippen LogP contribution in [0.15, 0.2) is 0 Å². The zero-order chi connectivity index (χ0) is 7.28. The molecule has 4 nitrogen and oxygen atoms in total. The van der Waals surface area contributed by atoms with E-state index >= 15 is 0 Å². The Bertz CT molecular complexity index is 57.6. The van der Waals surface area contributed by atoms with Crippen LogP contribution < -0.4 is 0 Å². The minimum absolute atomic E-state index is 0.757. The molecule has 0 aromatic rings. The molecular formula is C4H10O4Pb. The van der Waals surface area contributed by atoms with Gasteiger partial charge in [-0.25, -0.2) is 0 Å². The monoisotopic (exact) mass is 330 g/mol. The van der Waals surface area contributed by atoms with Crippen LogP contribution >= 0.6 is 0 Å². The average molecular weight is 329 g/mol. The van der Waals surface area contributed by atoms with E-state index in [1.807, 2.05) is 0 Å². The Morgan fingerprint density at radius 1 is 1.11 bits per heavy atom. The van der Waals surface area contributed by atoms with E-state index in [9.17, 15) is 0 Å². The van der Waals surface area contributed by atoms with Crippen molar-refractivity contribution in [3.05, 3.63) is 0 Å². The van der Waals surface area contributed by atoms with Gasteiger partial charge in [0.1, 0.15) is 0 Å². The number of aliphatic hydroxyl groups excluding tert-OH is 2. The van der Waals surface area contributed by atoms with Gasteiger partial charge in [0, 0.05) is 0 Å². The van der Waals surface area contributed by atoms with Gasteiger partial charge in [0.15, 0.2) is 0 Å². The number of aliphatic hydroxyl groups is 2. The molecule has 9 heavy (non-hydrogen) atoms. The van der Waals surface area contributed by atoms with E-state index in [0.717, 1.165) is 0 Å². The van der Waals surface area contributed by atoms with Gasteiger partial charge in [-0.2, -0.15) is 0 Å². The van der Waals surface area contributed by atoms with Gasteiger partial charge in [0.2, 0.25) is 0 Å². The summed E-state index contributed by atoms with van der Waals surface area (Å²) in [5.74, 6) is 0. The first-order valence-electron chi connectivity index (χ1n) is 2.55. The van der Waals surface area contributed by atoms with Gasteiger partial charge < -0.3 is 0 Å².